The minimum absolute atomic E-state index is 0.462. The molecule has 0 saturated carbocycles. The Balaban J connectivity index is 1.49. The lowest BCUT2D eigenvalue weighted by Gasteiger charge is -2.16. The molecule has 24 heavy (non-hydrogen) atoms. The van der Waals surface area contributed by atoms with Crippen LogP contribution in [0.2, 0.25) is 0 Å². The van der Waals surface area contributed by atoms with Gasteiger partial charge in [-0.3, -0.25) is 14.6 Å². The van der Waals surface area contributed by atoms with Crippen molar-refractivity contribution >= 4 is 0 Å². The predicted octanol–water partition coefficient (Wildman–Crippen LogP) is 1.61. The average molecular weight is 321 g/mol. The number of nitrogens with zero attached hydrogens (tertiary/aromatic N) is 7. The molecule has 0 spiro atoms. The Hall–Kier alpha value is -3.05. The Bertz CT molecular complexity index is 877. The second kappa shape index (κ2) is 6.22. The molecule has 0 unspecified atom stereocenters. The topological polar surface area (TPSA) is 96.7 Å². The van der Waals surface area contributed by atoms with E-state index in [2.05, 4.69) is 31.2 Å². The van der Waals surface area contributed by atoms with Gasteiger partial charge in [0.15, 0.2) is 5.69 Å². The van der Waals surface area contributed by atoms with Crippen molar-refractivity contribution in [1.82, 2.24) is 29.9 Å². The van der Waals surface area contributed by atoms with E-state index in [1.165, 1.54) is 0 Å². The summed E-state index contributed by atoms with van der Waals surface area (Å²) < 4.78 is 7.66. The molecule has 0 atom stereocenters. The van der Waals surface area contributed by atoms with Crippen molar-refractivity contribution in [3.8, 4) is 17.5 Å². The fourth-order valence-corrected chi connectivity index (χ4v) is 2.83. The van der Waals surface area contributed by atoms with Gasteiger partial charge in [0.1, 0.15) is 6.07 Å². The number of hydrogen-bond donors (Lipinski definition) is 0. The fourth-order valence-electron chi connectivity index (χ4n) is 2.83. The van der Waals surface area contributed by atoms with Crippen LogP contribution in [0, 0.1) is 11.3 Å². The average Bonchev–Trinajstić information content (AvgIpc) is 3.19. The summed E-state index contributed by atoms with van der Waals surface area (Å²) in [5.41, 5.74) is 2.31. The van der Waals surface area contributed by atoms with Crippen LogP contribution in [-0.4, -0.2) is 36.4 Å². The van der Waals surface area contributed by atoms with Crippen molar-refractivity contribution in [3.63, 3.8) is 0 Å². The summed E-state index contributed by atoms with van der Waals surface area (Å²) in [7, 11) is 0. The molecule has 0 saturated heterocycles. The van der Waals surface area contributed by atoms with Gasteiger partial charge in [-0.15, -0.1) is 10.2 Å². The van der Waals surface area contributed by atoms with Crippen molar-refractivity contribution in [2.45, 2.75) is 26.1 Å². The number of pyridine rings is 1. The third-order valence-corrected chi connectivity index (χ3v) is 3.94. The minimum atomic E-state index is 0.462. The minimum Gasteiger partial charge on any atom is -0.419 e. The monoisotopic (exact) mass is 321 g/mol. The third-order valence-electron chi connectivity index (χ3n) is 3.94. The lowest BCUT2D eigenvalue weighted by atomic mass is 10.3. The Labute approximate surface area is 138 Å². The van der Waals surface area contributed by atoms with Gasteiger partial charge in [0.05, 0.1) is 17.8 Å². The number of aryl methyl sites for hydroxylation is 1. The van der Waals surface area contributed by atoms with Crippen LogP contribution in [-0.2, 0) is 19.6 Å². The second-order valence-corrected chi connectivity index (χ2v) is 5.66. The van der Waals surface area contributed by atoms with E-state index in [0.29, 0.717) is 30.6 Å². The lowest BCUT2D eigenvalue weighted by molar-refractivity contribution is 0.235. The van der Waals surface area contributed by atoms with Gasteiger partial charge < -0.3 is 4.42 Å². The predicted molar refractivity (Wildman–Crippen MR) is 83.2 cm³/mol. The smallest absolute Gasteiger partial charge is 0.249 e. The Morgan fingerprint density at radius 1 is 1.29 bits per heavy atom. The summed E-state index contributed by atoms with van der Waals surface area (Å²) in [4.78, 5) is 6.28. The first kappa shape index (κ1) is 14.5. The van der Waals surface area contributed by atoms with Crippen LogP contribution in [0.4, 0.5) is 0 Å². The van der Waals surface area contributed by atoms with Crippen molar-refractivity contribution < 1.29 is 4.42 Å². The normalized spacial score (nSPS) is 14.8. The molecule has 0 amide bonds. The van der Waals surface area contributed by atoms with Crippen molar-refractivity contribution in [1.29, 1.82) is 5.26 Å². The van der Waals surface area contributed by atoms with E-state index < -0.39 is 0 Å². The van der Waals surface area contributed by atoms with Crippen LogP contribution >= 0.6 is 0 Å². The summed E-state index contributed by atoms with van der Waals surface area (Å²) in [5, 5.41) is 21.5. The molecule has 3 aromatic rings. The maximum atomic E-state index is 8.99. The molecule has 4 rings (SSSR count). The number of hydrogen-bond acceptors (Lipinski definition) is 7. The number of nitriles is 1. The van der Waals surface area contributed by atoms with Gasteiger partial charge in [-0.1, -0.05) is 0 Å². The number of rotatable bonds is 3. The Morgan fingerprint density at radius 3 is 3.08 bits per heavy atom. The van der Waals surface area contributed by atoms with Gasteiger partial charge >= 0.3 is 0 Å². The number of fused-ring (bicyclic) bond motifs is 1. The molecule has 8 heteroatoms. The zero-order valence-electron chi connectivity index (χ0n) is 13.0. The summed E-state index contributed by atoms with van der Waals surface area (Å²) in [6, 6.07) is 7.66. The van der Waals surface area contributed by atoms with Gasteiger partial charge in [0.2, 0.25) is 11.8 Å². The van der Waals surface area contributed by atoms with Crippen molar-refractivity contribution in [2.75, 3.05) is 6.54 Å². The molecular weight excluding hydrogens is 306 g/mol. The quantitative estimate of drug-likeness (QED) is 0.723. The highest BCUT2D eigenvalue weighted by molar-refractivity contribution is 5.49. The zero-order chi connectivity index (χ0) is 16.4. The first-order valence-corrected chi connectivity index (χ1v) is 7.74. The highest BCUT2D eigenvalue weighted by atomic mass is 16.4. The molecule has 0 radical (unpaired) electrons. The van der Waals surface area contributed by atoms with Crippen LogP contribution in [0.1, 0.15) is 23.7 Å². The molecule has 1 aliphatic rings. The molecule has 1 aliphatic heterocycles. The SMILES string of the molecule is N#Cc1cc2n(n1)CCCN(Cc1nnc(-c3cccnc3)o1)C2. The van der Waals surface area contributed by atoms with Crippen LogP contribution < -0.4 is 0 Å². The van der Waals surface area contributed by atoms with Gasteiger partial charge in [0, 0.05) is 32.0 Å². The highest BCUT2D eigenvalue weighted by Gasteiger charge is 2.19. The van der Waals surface area contributed by atoms with Gasteiger partial charge in [-0.05, 0) is 24.6 Å². The lowest BCUT2D eigenvalue weighted by Crippen LogP contribution is -2.22. The van der Waals surface area contributed by atoms with Crippen LogP contribution in [0.3, 0.4) is 0 Å². The molecule has 3 aromatic heterocycles. The van der Waals surface area contributed by atoms with Gasteiger partial charge in [-0.25, -0.2) is 0 Å². The van der Waals surface area contributed by atoms with E-state index in [9.17, 15) is 0 Å². The summed E-state index contributed by atoms with van der Waals surface area (Å²) in [6.07, 6.45) is 4.37. The Morgan fingerprint density at radius 2 is 2.25 bits per heavy atom. The zero-order valence-corrected chi connectivity index (χ0v) is 13.0. The maximum Gasteiger partial charge on any atom is 0.249 e. The van der Waals surface area contributed by atoms with E-state index in [-0.39, 0.29) is 0 Å². The molecule has 120 valence electrons. The highest BCUT2D eigenvalue weighted by Crippen LogP contribution is 2.19. The summed E-state index contributed by atoms with van der Waals surface area (Å²) in [5.74, 6) is 1.05. The van der Waals surface area contributed by atoms with Crippen molar-refractivity contribution in [2.24, 2.45) is 0 Å². The first-order valence-electron chi connectivity index (χ1n) is 7.74. The largest absolute Gasteiger partial charge is 0.419 e. The Kier molecular flexibility index (Phi) is 3.76. The molecule has 0 N–H and O–H groups in total. The summed E-state index contributed by atoms with van der Waals surface area (Å²) in [6.45, 7) is 3.01. The van der Waals surface area contributed by atoms with Gasteiger partial charge in [0.25, 0.3) is 0 Å². The molecule has 0 aliphatic carbocycles. The van der Waals surface area contributed by atoms with Crippen molar-refractivity contribution in [3.05, 3.63) is 47.9 Å². The molecule has 8 nitrogen and oxygen atoms in total. The molecule has 4 heterocycles. The van der Waals surface area contributed by atoms with E-state index in [4.69, 9.17) is 9.68 Å². The molecule has 0 aromatic carbocycles. The fraction of sp³-hybridized carbons (Fsp3) is 0.312. The third kappa shape index (κ3) is 2.89. The number of aromatic nitrogens is 5. The molecule has 0 bridgehead atoms. The first-order chi connectivity index (χ1) is 11.8. The van der Waals surface area contributed by atoms with Crippen LogP contribution in [0.15, 0.2) is 35.0 Å². The van der Waals surface area contributed by atoms with E-state index in [0.717, 1.165) is 30.8 Å². The summed E-state index contributed by atoms with van der Waals surface area (Å²) >= 11 is 0. The van der Waals surface area contributed by atoms with E-state index in [1.54, 1.807) is 12.4 Å². The maximum absolute atomic E-state index is 8.99. The van der Waals surface area contributed by atoms with Gasteiger partial charge in [-0.2, -0.15) is 10.4 Å². The molecular formula is C16H15N7O. The van der Waals surface area contributed by atoms with E-state index in [1.807, 2.05) is 22.9 Å². The second-order valence-electron chi connectivity index (χ2n) is 5.66. The standard InChI is InChI=1S/C16H15N7O/c17-8-13-7-14-10-22(5-2-6-23(14)21-13)11-15-19-20-16(24-15)12-3-1-4-18-9-12/h1,3-4,7,9H,2,5-6,10-11H2. The van der Waals surface area contributed by atoms with Crippen LogP contribution in [0.25, 0.3) is 11.5 Å². The van der Waals surface area contributed by atoms with Crippen LogP contribution in [0.5, 0.6) is 0 Å². The molecule has 0 fully saturated rings. The van der Waals surface area contributed by atoms with E-state index >= 15 is 0 Å².